The van der Waals surface area contributed by atoms with Gasteiger partial charge in [-0.3, -0.25) is 13.9 Å². The van der Waals surface area contributed by atoms with Crippen molar-refractivity contribution in [3.05, 3.63) is 94.5 Å². The van der Waals surface area contributed by atoms with Gasteiger partial charge in [0.1, 0.15) is 12.6 Å². The summed E-state index contributed by atoms with van der Waals surface area (Å²) in [4.78, 5) is 27.6. The number of carbonyl (C=O) groups excluding carboxylic acids is 2. The van der Waals surface area contributed by atoms with E-state index in [0.29, 0.717) is 10.2 Å². The maximum absolute atomic E-state index is 13.7. The topological polar surface area (TPSA) is 86.8 Å². The third-order valence-corrected chi connectivity index (χ3v) is 7.87. The number of anilines is 1. The first-order valence-corrected chi connectivity index (χ1v) is 13.3. The van der Waals surface area contributed by atoms with Crippen LogP contribution < -0.4 is 9.62 Å². The predicted octanol–water partition coefficient (Wildman–Crippen LogP) is 4.12. The van der Waals surface area contributed by atoms with Gasteiger partial charge in [0.05, 0.1) is 10.6 Å². The van der Waals surface area contributed by atoms with E-state index in [2.05, 4.69) is 21.2 Å². The molecule has 3 aromatic carbocycles. The van der Waals surface area contributed by atoms with E-state index >= 15 is 0 Å². The summed E-state index contributed by atoms with van der Waals surface area (Å²) >= 11 is 3.38. The minimum atomic E-state index is -4.07. The van der Waals surface area contributed by atoms with Crippen LogP contribution in [0.4, 0.5) is 5.69 Å². The Hall–Kier alpha value is -3.17. The molecule has 0 aliphatic heterocycles. The third-order valence-electron chi connectivity index (χ3n) is 5.59. The van der Waals surface area contributed by atoms with E-state index in [1.165, 1.54) is 24.1 Å². The Labute approximate surface area is 214 Å². The number of hydrogen-bond donors (Lipinski definition) is 1. The Morgan fingerprint density at radius 3 is 2.23 bits per heavy atom. The smallest absolute Gasteiger partial charge is 0.264 e. The summed E-state index contributed by atoms with van der Waals surface area (Å²) in [5.41, 5.74) is 2.24. The first-order valence-electron chi connectivity index (χ1n) is 11.0. The zero-order chi connectivity index (χ0) is 25.6. The van der Waals surface area contributed by atoms with Crippen molar-refractivity contribution in [3.63, 3.8) is 0 Å². The largest absolute Gasteiger partial charge is 0.357 e. The number of carbonyl (C=O) groups is 2. The van der Waals surface area contributed by atoms with Gasteiger partial charge >= 0.3 is 0 Å². The highest BCUT2D eigenvalue weighted by Gasteiger charge is 2.32. The van der Waals surface area contributed by atoms with Crippen molar-refractivity contribution in [1.29, 1.82) is 0 Å². The summed E-state index contributed by atoms with van der Waals surface area (Å²) in [5, 5.41) is 2.57. The quantitative estimate of drug-likeness (QED) is 0.428. The normalized spacial score (nSPS) is 12.0. The molecule has 1 unspecified atom stereocenters. The van der Waals surface area contributed by atoms with E-state index in [1.54, 1.807) is 49.4 Å². The number of halogens is 1. The SMILES string of the molecule is CNC(=O)C(C)N(Cc1ccc(C)cc1)C(=O)CN(c1cccc(Br)c1)S(=O)(=O)c1ccccc1. The van der Waals surface area contributed by atoms with Gasteiger partial charge in [0.15, 0.2) is 0 Å². The van der Waals surface area contributed by atoms with Crippen molar-refractivity contribution >= 4 is 43.5 Å². The number of likely N-dealkylation sites (N-methyl/N-ethyl adjacent to an activating group) is 1. The van der Waals surface area contributed by atoms with Gasteiger partial charge < -0.3 is 10.2 Å². The molecule has 2 amide bonds. The molecule has 0 bridgehead atoms. The van der Waals surface area contributed by atoms with Crippen molar-refractivity contribution in [1.82, 2.24) is 10.2 Å². The van der Waals surface area contributed by atoms with Crippen LogP contribution in [0.25, 0.3) is 0 Å². The molecule has 0 fully saturated rings. The van der Waals surface area contributed by atoms with Crippen LogP contribution in [-0.2, 0) is 26.2 Å². The van der Waals surface area contributed by atoms with Crippen molar-refractivity contribution in [2.24, 2.45) is 0 Å². The van der Waals surface area contributed by atoms with Crippen LogP contribution in [0.3, 0.4) is 0 Å². The lowest BCUT2D eigenvalue weighted by atomic mass is 10.1. The minimum absolute atomic E-state index is 0.0669. The number of hydrogen-bond acceptors (Lipinski definition) is 4. The maximum atomic E-state index is 13.7. The second kappa shape index (κ2) is 11.5. The Bertz CT molecular complexity index is 1280. The Kier molecular flexibility index (Phi) is 8.69. The molecule has 1 N–H and O–H groups in total. The van der Waals surface area contributed by atoms with Gasteiger partial charge in [0.2, 0.25) is 11.8 Å². The van der Waals surface area contributed by atoms with Gasteiger partial charge in [-0.1, -0.05) is 70.0 Å². The van der Waals surface area contributed by atoms with E-state index in [4.69, 9.17) is 0 Å². The summed E-state index contributed by atoms with van der Waals surface area (Å²) in [6.07, 6.45) is 0. The van der Waals surface area contributed by atoms with Gasteiger partial charge in [0.25, 0.3) is 10.0 Å². The summed E-state index contributed by atoms with van der Waals surface area (Å²) in [6, 6.07) is 21.5. The minimum Gasteiger partial charge on any atom is -0.357 e. The fraction of sp³-hybridized carbons (Fsp3) is 0.231. The van der Waals surface area contributed by atoms with Crippen LogP contribution in [0.1, 0.15) is 18.1 Å². The molecule has 0 radical (unpaired) electrons. The van der Waals surface area contributed by atoms with Gasteiger partial charge in [0, 0.05) is 18.1 Å². The molecular formula is C26H28BrN3O4S. The van der Waals surface area contributed by atoms with Crippen molar-refractivity contribution < 1.29 is 18.0 Å². The number of sulfonamides is 1. The predicted molar refractivity (Wildman–Crippen MR) is 140 cm³/mol. The van der Waals surface area contributed by atoms with Crippen LogP contribution in [-0.4, -0.2) is 44.8 Å². The lowest BCUT2D eigenvalue weighted by molar-refractivity contribution is -0.139. The molecular weight excluding hydrogens is 530 g/mol. The molecule has 3 aromatic rings. The Balaban J connectivity index is 2.01. The molecule has 0 aromatic heterocycles. The molecule has 184 valence electrons. The zero-order valence-electron chi connectivity index (χ0n) is 19.8. The number of amides is 2. The fourth-order valence-corrected chi connectivity index (χ4v) is 5.38. The van der Waals surface area contributed by atoms with Gasteiger partial charge in [-0.2, -0.15) is 0 Å². The molecule has 7 nitrogen and oxygen atoms in total. The lowest BCUT2D eigenvalue weighted by Gasteiger charge is -2.31. The molecule has 35 heavy (non-hydrogen) atoms. The monoisotopic (exact) mass is 557 g/mol. The summed E-state index contributed by atoms with van der Waals surface area (Å²) in [6.45, 7) is 3.27. The van der Waals surface area contributed by atoms with E-state index in [0.717, 1.165) is 15.4 Å². The molecule has 1 atom stereocenters. The molecule has 0 heterocycles. The highest BCUT2D eigenvalue weighted by atomic mass is 79.9. The van der Waals surface area contributed by atoms with Gasteiger partial charge in [-0.15, -0.1) is 0 Å². The number of rotatable bonds is 9. The van der Waals surface area contributed by atoms with E-state index < -0.39 is 28.5 Å². The summed E-state index contributed by atoms with van der Waals surface area (Å²) < 4.78 is 29.0. The molecule has 3 rings (SSSR count). The zero-order valence-corrected chi connectivity index (χ0v) is 22.2. The van der Waals surface area contributed by atoms with Gasteiger partial charge in [-0.05, 0) is 49.7 Å². The second-order valence-corrected chi connectivity index (χ2v) is 10.9. The highest BCUT2D eigenvalue weighted by molar-refractivity contribution is 9.10. The van der Waals surface area contributed by atoms with E-state index in [-0.39, 0.29) is 17.3 Å². The Morgan fingerprint density at radius 1 is 0.971 bits per heavy atom. The van der Waals surface area contributed by atoms with Crippen LogP contribution >= 0.6 is 15.9 Å². The summed E-state index contributed by atoms with van der Waals surface area (Å²) in [7, 11) is -2.56. The van der Waals surface area contributed by atoms with E-state index in [9.17, 15) is 18.0 Å². The fourth-order valence-electron chi connectivity index (χ4n) is 3.56. The average Bonchev–Trinajstić information content (AvgIpc) is 2.86. The maximum Gasteiger partial charge on any atom is 0.264 e. The highest BCUT2D eigenvalue weighted by Crippen LogP contribution is 2.27. The first kappa shape index (κ1) is 26.4. The molecule has 0 saturated carbocycles. The van der Waals surface area contributed by atoms with E-state index in [1.807, 2.05) is 31.2 Å². The molecule has 0 aliphatic carbocycles. The van der Waals surface area contributed by atoms with Crippen molar-refractivity contribution in [2.45, 2.75) is 31.3 Å². The number of nitrogens with one attached hydrogen (secondary N) is 1. The van der Waals surface area contributed by atoms with Crippen molar-refractivity contribution in [3.8, 4) is 0 Å². The second-order valence-electron chi connectivity index (χ2n) is 8.10. The first-order chi connectivity index (χ1) is 16.6. The molecule has 9 heteroatoms. The third kappa shape index (κ3) is 6.49. The number of aryl methyl sites for hydroxylation is 1. The molecule has 0 saturated heterocycles. The van der Waals surface area contributed by atoms with Gasteiger partial charge in [-0.25, -0.2) is 8.42 Å². The number of nitrogens with zero attached hydrogens (tertiary/aromatic N) is 2. The van der Waals surface area contributed by atoms with Crippen molar-refractivity contribution in [2.75, 3.05) is 17.9 Å². The van der Waals surface area contributed by atoms with Crippen LogP contribution in [0.5, 0.6) is 0 Å². The molecule has 0 spiro atoms. The average molecular weight is 558 g/mol. The lowest BCUT2D eigenvalue weighted by Crippen LogP contribution is -2.50. The molecule has 0 aliphatic rings. The Morgan fingerprint density at radius 2 is 1.63 bits per heavy atom. The summed E-state index contributed by atoms with van der Waals surface area (Å²) in [5.74, 6) is -0.841. The van der Waals surface area contributed by atoms with Crippen LogP contribution in [0.15, 0.2) is 88.2 Å². The van der Waals surface area contributed by atoms with Crippen LogP contribution in [0, 0.1) is 6.92 Å². The van der Waals surface area contributed by atoms with Crippen LogP contribution in [0.2, 0.25) is 0 Å². The standard InChI is InChI=1S/C26H28BrN3O4S/c1-19-12-14-21(15-13-19)17-29(20(2)26(32)28-3)25(31)18-30(23-9-7-8-22(27)16-23)35(33,34)24-10-5-4-6-11-24/h4-16,20H,17-18H2,1-3H3,(H,28,32). The number of benzene rings is 3.